The number of nitrogens with zero attached hydrogens (tertiary/aromatic N) is 1. The molecule has 1 amide bonds. The summed E-state index contributed by atoms with van der Waals surface area (Å²) in [6.07, 6.45) is 4.28. The number of piperidine rings is 1. The summed E-state index contributed by atoms with van der Waals surface area (Å²) in [7, 11) is 0. The quantitative estimate of drug-likeness (QED) is 0.668. The highest BCUT2D eigenvalue weighted by molar-refractivity contribution is 7.80. The van der Waals surface area contributed by atoms with Crippen LogP contribution in [-0.4, -0.2) is 30.7 Å². The van der Waals surface area contributed by atoms with E-state index in [0.717, 1.165) is 32.4 Å². The van der Waals surface area contributed by atoms with Crippen molar-refractivity contribution in [2.24, 2.45) is 0 Å². The third-order valence-corrected chi connectivity index (χ3v) is 4.92. The molecule has 1 heterocycles. The van der Waals surface area contributed by atoms with Crippen LogP contribution in [0.1, 0.15) is 43.0 Å². The predicted molar refractivity (Wildman–Crippen MR) is 118 cm³/mol. The number of carbonyl (C=O) groups is 1. The van der Waals surface area contributed by atoms with Crippen molar-refractivity contribution < 1.29 is 13.9 Å². The first-order chi connectivity index (χ1) is 14.1. The number of nitrogens with one attached hydrogen (secondary N) is 2. The van der Waals surface area contributed by atoms with E-state index >= 15 is 0 Å². The second kappa shape index (κ2) is 10.2. The Morgan fingerprint density at radius 3 is 2.52 bits per heavy atom. The molecule has 0 spiro atoms. The van der Waals surface area contributed by atoms with Crippen molar-refractivity contribution in [3.8, 4) is 5.75 Å². The van der Waals surface area contributed by atoms with Gasteiger partial charge in [-0.05, 0) is 80.4 Å². The average Bonchev–Trinajstić information content (AvgIpc) is 2.73. The lowest BCUT2D eigenvalue weighted by molar-refractivity contribution is 0.0977. The Bertz CT molecular complexity index is 852. The van der Waals surface area contributed by atoms with E-state index in [4.69, 9.17) is 17.0 Å². The lowest BCUT2D eigenvalue weighted by Crippen LogP contribution is -2.34. The van der Waals surface area contributed by atoms with Gasteiger partial charge in [0.1, 0.15) is 11.6 Å². The molecular formula is C22H26FN3O2S. The van der Waals surface area contributed by atoms with Crippen molar-refractivity contribution in [2.45, 2.75) is 32.6 Å². The lowest BCUT2D eigenvalue weighted by Gasteiger charge is -2.29. The van der Waals surface area contributed by atoms with Gasteiger partial charge in [-0.1, -0.05) is 6.92 Å². The van der Waals surface area contributed by atoms with E-state index in [2.05, 4.69) is 15.5 Å². The fourth-order valence-electron chi connectivity index (χ4n) is 3.24. The second-order valence-electron chi connectivity index (χ2n) is 6.99. The number of benzene rings is 2. The molecule has 29 heavy (non-hydrogen) atoms. The van der Waals surface area contributed by atoms with Crippen molar-refractivity contribution in [3.63, 3.8) is 0 Å². The van der Waals surface area contributed by atoms with Crippen LogP contribution in [0.3, 0.4) is 0 Å². The molecule has 3 rings (SSSR count). The smallest absolute Gasteiger partial charge is 0.257 e. The minimum Gasteiger partial charge on any atom is -0.494 e. The summed E-state index contributed by atoms with van der Waals surface area (Å²) >= 11 is 5.20. The zero-order valence-corrected chi connectivity index (χ0v) is 17.4. The number of carbonyl (C=O) groups excluding carboxylic acids is 1. The standard InChI is InChI=1S/C22H26FN3O2S/c1-2-14-28-18-9-6-16(7-10-18)21(27)25-22(29)24-17-8-11-20(19(23)15-17)26-12-4-3-5-13-26/h6-11,15H,2-5,12-14H2,1H3,(H2,24,25,27,29). The summed E-state index contributed by atoms with van der Waals surface area (Å²) in [6.45, 7) is 4.41. The maximum absolute atomic E-state index is 14.5. The molecule has 0 atom stereocenters. The first-order valence-electron chi connectivity index (χ1n) is 9.96. The van der Waals surface area contributed by atoms with Crippen LogP contribution < -0.4 is 20.3 Å². The van der Waals surface area contributed by atoms with Crippen LogP contribution in [0.25, 0.3) is 0 Å². The number of rotatable bonds is 6. The van der Waals surface area contributed by atoms with Crippen LogP contribution in [0.5, 0.6) is 5.75 Å². The molecule has 0 saturated carbocycles. The minimum atomic E-state index is -0.338. The molecule has 0 radical (unpaired) electrons. The van der Waals surface area contributed by atoms with E-state index in [1.807, 2.05) is 6.92 Å². The first-order valence-corrected chi connectivity index (χ1v) is 10.4. The maximum Gasteiger partial charge on any atom is 0.257 e. The molecule has 0 unspecified atom stereocenters. The second-order valence-corrected chi connectivity index (χ2v) is 7.40. The van der Waals surface area contributed by atoms with Gasteiger partial charge in [-0.15, -0.1) is 0 Å². The van der Waals surface area contributed by atoms with Gasteiger partial charge in [0.2, 0.25) is 0 Å². The number of hydrogen-bond acceptors (Lipinski definition) is 4. The summed E-state index contributed by atoms with van der Waals surface area (Å²) in [5.74, 6) is 0.0806. The largest absolute Gasteiger partial charge is 0.494 e. The normalized spacial score (nSPS) is 13.7. The lowest BCUT2D eigenvalue weighted by atomic mass is 10.1. The number of halogens is 1. The number of thiocarbonyl (C=S) groups is 1. The molecule has 2 aromatic rings. The Balaban J connectivity index is 1.55. The van der Waals surface area contributed by atoms with Gasteiger partial charge in [0.25, 0.3) is 5.91 Å². The zero-order chi connectivity index (χ0) is 20.6. The third kappa shape index (κ3) is 5.90. The van der Waals surface area contributed by atoms with Crippen molar-refractivity contribution in [1.29, 1.82) is 0 Å². The molecule has 0 bridgehead atoms. The van der Waals surface area contributed by atoms with Gasteiger partial charge < -0.3 is 15.0 Å². The van der Waals surface area contributed by atoms with E-state index in [0.29, 0.717) is 29.3 Å². The molecule has 1 fully saturated rings. The molecule has 1 saturated heterocycles. The Kier molecular flexibility index (Phi) is 7.41. The highest BCUT2D eigenvalue weighted by Gasteiger charge is 2.15. The van der Waals surface area contributed by atoms with Gasteiger partial charge in [-0.2, -0.15) is 0 Å². The molecule has 0 aliphatic carbocycles. The van der Waals surface area contributed by atoms with Gasteiger partial charge in [0.15, 0.2) is 5.11 Å². The first kappa shape index (κ1) is 21.0. The number of ether oxygens (including phenoxy) is 1. The minimum absolute atomic E-state index is 0.117. The third-order valence-electron chi connectivity index (χ3n) is 4.72. The average molecular weight is 416 g/mol. The fraction of sp³-hybridized carbons (Fsp3) is 0.364. The molecule has 5 nitrogen and oxygen atoms in total. The highest BCUT2D eigenvalue weighted by atomic mass is 32.1. The molecule has 154 valence electrons. The predicted octanol–water partition coefficient (Wildman–Crippen LogP) is 4.73. The molecule has 7 heteroatoms. The Labute approximate surface area is 176 Å². The van der Waals surface area contributed by atoms with E-state index in [9.17, 15) is 9.18 Å². The molecule has 2 aromatic carbocycles. The van der Waals surface area contributed by atoms with Crippen LogP contribution in [0.4, 0.5) is 15.8 Å². The van der Waals surface area contributed by atoms with Crippen molar-refractivity contribution in [2.75, 3.05) is 29.9 Å². The Morgan fingerprint density at radius 2 is 1.86 bits per heavy atom. The van der Waals surface area contributed by atoms with Gasteiger partial charge in [-0.25, -0.2) is 4.39 Å². The summed E-state index contributed by atoms with van der Waals surface area (Å²) in [5.41, 5.74) is 1.57. The number of hydrogen-bond donors (Lipinski definition) is 2. The summed E-state index contributed by atoms with van der Waals surface area (Å²) in [6, 6.07) is 11.8. The van der Waals surface area contributed by atoms with Crippen LogP contribution >= 0.6 is 12.2 Å². The molecule has 1 aliphatic rings. The van der Waals surface area contributed by atoms with Crippen LogP contribution in [0.2, 0.25) is 0 Å². The fourth-order valence-corrected chi connectivity index (χ4v) is 3.45. The molecule has 1 aliphatic heterocycles. The number of amides is 1. The van der Waals surface area contributed by atoms with E-state index in [1.165, 1.54) is 12.5 Å². The van der Waals surface area contributed by atoms with Gasteiger partial charge >= 0.3 is 0 Å². The van der Waals surface area contributed by atoms with Crippen molar-refractivity contribution in [1.82, 2.24) is 5.32 Å². The number of anilines is 2. The zero-order valence-electron chi connectivity index (χ0n) is 16.5. The van der Waals surface area contributed by atoms with Crippen molar-refractivity contribution in [3.05, 3.63) is 53.8 Å². The van der Waals surface area contributed by atoms with Gasteiger partial charge in [0.05, 0.1) is 12.3 Å². The Morgan fingerprint density at radius 1 is 1.14 bits per heavy atom. The maximum atomic E-state index is 14.5. The highest BCUT2D eigenvalue weighted by Crippen LogP contribution is 2.25. The molecule has 2 N–H and O–H groups in total. The van der Waals surface area contributed by atoms with Crippen molar-refractivity contribution >= 4 is 34.6 Å². The summed E-state index contributed by atoms with van der Waals surface area (Å²) < 4.78 is 20.0. The van der Waals surface area contributed by atoms with E-state index in [1.54, 1.807) is 36.4 Å². The summed E-state index contributed by atoms with van der Waals surface area (Å²) in [5, 5.41) is 5.60. The van der Waals surface area contributed by atoms with Crippen LogP contribution in [-0.2, 0) is 0 Å². The summed E-state index contributed by atoms with van der Waals surface area (Å²) in [4.78, 5) is 14.4. The monoisotopic (exact) mass is 415 g/mol. The van der Waals surface area contributed by atoms with E-state index < -0.39 is 0 Å². The van der Waals surface area contributed by atoms with E-state index in [-0.39, 0.29) is 16.8 Å². The molecule has 0 aromatic heterocycles. The van der Waals surface area contributed by atoms with Gasteiger partial charge in [0, 0.05) is 24.3 Å². The topological polar surface area (TPSA) is 53.6 Å². The SMILES string of the molecule is CCCOc1ccc(C(=O)NC(=S)Nc2ccc(N3CCCCC3)c(F)c2)cc1. The Hall–Kier alpha value is -2.67. The van der Waals surface area contributed by atoms with Crippen LogP contribution in [0.15, 0.2) is 42.5 Å². The van der Waals surface area contributed by atoms with Gasteiger partial charge in [-0.3, -0.25) is 10.1 Å². The molecular weight excluding hydrogens is 389 g/mol. The van der Waals surface area contributed by atoms with Crippen LogP contribution in [0, 0.1) is 5.82 Å².